The standard InChI is InChI=1S/C17H16N4O4/c1-21(2)13(14-4-3-7-25-14)9-18-15(22)10-5-6-11-12(8-10)20-17(24)16(23)19-11/h3-8,13H,9H2,1-2H3,(H,18,22)/t13-/m1/s1. The van der Waals surface area contributed by atoms with Gasteiger partial charge < -0.3 is 9.73 Å². The zero-order chi connectivity index (χ0) is 18.0. The molecule has 0 saturated heterocycles. The van der Waals surface area contributed by atoms with Crippen molar-refractivity contribution in [3.8, 4) is 0 Å². The highest BCUT2D eigenvalue weighted by Gasteiger charge is 2.19. The molecular weight excluding hydrogens is 324 g/mol. The molecule has 25 heavy (non-hydrogen) atoms. The van der Waals surface area contributed by atoms with Gasteiger partial charge in [-0.3, -0.25) is 19.3 Å². The smallest absolute Gasteiger partial charge is 0.338 e. The van der Waals surface area contributed by atoms with Crippen molar-refractivity contribution in [3.63, 3.8) is 0 Å². The van der Waals surface area contributed by atoms with E-state index in [1.807, 2.05) is 25.1 Å². The number of furan rings is 1. The van der Waals surface area contributed by atoms with E-state index in [0.29, 0.717) is 12.1 Å². The summed E-state index contributed by atoms with van der Waals surface area (Å²) < 4.78 is 5.40. The van der Waals surface area contributed by atoms with Crippen molar-refractivity contribution >= 4 is 17.7 Å². The van der Waals surface area contributed by atoms with Crippen molar-refractivity contribution in [3.05, 3.63) is 58.6 Å². The van der Waals surface area contributed by atoms with Crippen LogP contribution in [0.1, 0.15) is 22.2 Å². The number of hydrogen-bond donors (Lipinski definition) is 1. The Kier molecular flexibility index (Phi) is 4.53. The number of carbonyl (C=O) groups is 3. The van der Waals surface area contributed by atoms with E-state index >= 15 is 0 Å². The van der Waals surface area contributed by atoms with Gasteiger partial charge in [0.2, 0.25) is 0 Å². The fourth-order valence-electron chi connectivity index (χ4n) is 2.47. The Morgan fingerprint density at radius 2 is 1.88 bits per heavy atom. The van der Waals surface area contributed by atoms with Crippen LogP contribution >= 0.6 is 0 Å². The van der Waals surface area contributed by atoms with Crippen molar-refractivity contribution in [1.29, 1.82) is 0 Å². The van der Waals surface area contributed by atoms with Gasteiger partial charge in [-0.05, 0) is 44.4 Å². The summed E-state index contributed by atoms with van der Waals surface area (Å²) in [6.07, 6.45) is 1.58. The van der Waals surface area contributed by atoms with Gasteiger partial charge in [0.05, 0.1) is 23.0 Å². The number of hydrogen-bond acceptors (Lipinski definition) is 5. The van der Waals surface area contributed by atoms with Gasteiger partial charge in [0.25, 0.3) is 5.91 Å². The summed E-state index contributed by atoms with van der Waals surface area (Å²) in [5, 5.41) is 3.33. The van der Waals surface area contributed by atoms with Gasteiger partial charge in [0.15, 0.2) is 0 Å². The zero-order valence-electron chi connectivity index (χ0n) is 13.7. The van der Waals surface area contributed by atoms with Crippen LogP contribution in [0.4, 0.5) is 0 Å². The first-order valence-corrected chi connectivity index (χ1v) is 7.59. The van der Waals surface area contributed by atoms with E-state index in [1.165, 1.54) is 18.2 Å². The third kappa shape index (κ3) is 3.53. The van der Waals surface area contributed by atoms with E-state index in [4.69, 9.17) is 4.42 Å². The molecule has 0 unspecified atom stereocenters. The lowest BCUT2D eigenvalue weighted by Gasteiger charge is -2.22. The van der Waals surface area contributed by atoms with E-state index in [1.54, 1.807) is 12.3 Å². The second-order valence-electron chi connectivity index (χ2n) is 5.74. The molecule has 1 N–H and O–H groups in total. The molecule has 0 bridgehead atoms. The fraction of sp³-hybridized carbons (Fsp3) is 0.235. The molecule has 0 aliphatic carbocycles. The van der Waals surface area contributed by atoms with Crippen molar-refractivity contribution in [2.45, 2.75) is 6.04 Å². The molecule has 128 valence electrons. The molecule has 0 spiro atoms. The maximum atomic E-state index is 12.4. The third-order valence-electron chi connectivity index (χ3n) is 3.82. The van der Waals surface area contributed by atoms with Crippen LogP contribution in [0.3, 0.4) is 0 Å². The Morgan fingerprint density at radius 3 is 2.52 bits per heavy atom. The molecule has 0 radical (unpaired) electrons. The summed E-state index contributed by atoms with van der Waals surface area (Å²) in [7, 11) is 3.78. The number of nitrogens with zero attached hydrogens (tertiary/aromatic N) is 3. The lowest BCUT2D eigenvalue weighted by molar-refractivity contribution is -0.135. The Balaban J connectivity index is 1.77. The molecule has 1 atom stereocenters. The summed E-state index contributed by atoms with van der Waals surface area (Å²) in [6, 6.07) is 7.99. The van der Waals surface area contributed by atoms with Crippen molar-refractivity contribution in [2.75, 3.05) is 20.6 Å². The molecule has 0 fully saturated rings. The van der Waals surface area contributed by atoms with Crippen LogP contribution in [0.25, 0.3) is 0 Å². The second-order valence-corrected chi connectivity index (χ2v) is 5.74. The van der Waals surface area contributed by atoms with Crippen molar-refractivity contribution in [1.82, 2.24) is 10.2 Å². The number of carbonyl (C=O) groups excluding carboxylic acids is 3. The molecule has 3 amide bonds. The molecule has 2 aromatic rings. The van der Waals surface area contributed by atoms with Crippen molar-refractivity contribution in [2.24, 2.45) is 9.98 Å². The second kappa shape index (κ2) is 6.78. The van der Waals surface area contributed by atoms with Crippen LogP contribution in [-0.2, 0) is 9.59 Å². The largest absolute Gasteiger partial charge is 0.468 e. The molecule has 3 rings (SSSR count). The average molecular weight is 340 g/mol. The number of fused-ring (bicyclic) bond motifs is 1. The molecule has 8 heteroatoms. The maximum Gasteiger partial charge on any atom is 0.338 e. The number of amides is 3. The Hall–Kier alpha value is -3.13. The zero-order valence-corrected chi connectivity index (χ0v) is 13.7. The van der Waals surface area contributed by atoms with E-state index in [9.17, 15) is 14.4 Å². The van der Waals surface area contributed by atoms with Crippen LogP contribution in [0.5, 0.6) is 0 Å². The highest BCUT2D eigenvalue weighted by molar-refractivity contribution is 6.36. The van der Waals surface area contributed by atoms with E-state index in [-0.39, 0.29) is 22.7 Å². The van der Waals surface area contributed by atoms with Crippen LogP contribution in [0.15, 0.2) is 51.0 Å². The number of rotatable bonds is 5. The molecular formula is C17H16N4O4. The average Bonchev–Trinajstić information content (AvgIpc) is 3.09. The van der Waals surface area contributed by atoms with Gasteiger partial charge in [-0.2, -0.15) is 0 Å². The van der Waals surface area contributed by atoms with E-state index in [2.05, 4.69) is 15.3 Å². The molecule has 1 aliphatic heterocycles. The summed E-state index contributed by atoms with van der Waals surface area (Å²) in [5.41, 5.74) is 0.330. The summed E-state index contributed by atoms with van der Waals surface area (Å²) in [4.78, 5) is 44.2. The van der Waals surface area contributed by atoms with Gasteiger partial charge in [-0.25, -0.2) is 9.98 Å². The monoisotopic (exact) mass is 340 g/mol. The molecule has 1 aromatic heterocycles. The van der Waals surface area contributed by atoms with E-state index in [0.717, 1.165) is 5.76 Å². The first-order chi connectivity index (χ1) is 12.0. The topological polar surface area (TPSA) is 104 Å². The summed E-state index contributed by atoms with van der Waals surface area (Å²) in [6.45, 7) is 0.343. The highest BCUT2D eigenvalue weighted by atomic mass is 16.3. The predicted molar refractivity (Wildman–Crippen MR) is 86.2 cm³/mol. The number of benzene rings is 1. The van der Waals surface area contributed by atoms with Crippen LogP contribution in [0, 0.1) is 0 Å². The number of nitrogens with one attached hydrogen (secondary N) is 1. The Bertz CT molecular complexity index is 948. The first-order valence-electron chi connectivity index (χ1n) is 7.59. The van der Waals surface area contributed by atoms with Crippen LogP contribution in [0.2, 0.25) is 0 Å². The quantitative estimate of drug-likeness (QED) is 0.747. The molecule has 0 saturated carbocycles. The van der Waals surface area contributed by atoms with Crippen molar-refractivity contribution < 1.29 is 18.8 Å². The Labute approximate surface area is 142 Å². The minimum atomic E-state index is -0.935. The fourth-order valence-corrected chi connectivity index (χ4v) is 2.47. The van der Waals surface area contributed by atoms with Gasteiger partial charge in [0, 0.05) is 12.1 Å². The summed E-state index contributed by atoms with van der Waals surface area (Å²) >= 11 is 0. The molecule has 2 heterocycles. The molecule has 1 aliphatic rings. The minimum Gasteiger partial charge on any atom is -0.468 e. The predicted octanol–water partition coefficient (Wildman–Crippen LogP) is -0.382. The number of likely N-dealkylation sites (N-methyl/N-ethyl adjacent to an activating group) is 1. The molecule has 8 nitrogen and oxygen atoms in total. The summed E-state index contributed by atoms with van der Waals surface area (Å²) in [5.74, 6) is -1.41. The van der Waals surface area contributed by atoms with Gasteiger partial charge >= 0.3 is 11.8 Å². The Morgan fingerprint density at radius 1 is 1.16 bits per heavy atom. The first kappa shape index (κ1) is 16.7. The van der Waals surface area contributed by atoms with Gasteiger partial charge in [-0.1, -0.05) is 0 Å². The SMILES string of the molecule is CN(C)[C@H](CNC(=O)c1ccc2c(c1)=NC(=O)C(=O)N=2)c1ccco1. The maximum absolute atomic E-state index is 12.4. The normalized spacial score (nSPS) is 14.5. The van der Waals surface area contributed by atoms with E-state index < -0.39 is 11.8 Å². The lowest BCUT2D eigenvalue weighted by Crippen LogP contribution is -2.37. The van der Waals surface area contributed by atoms with Crippen LogP contribution in [-0.4, -0.2) is 43.3 Å². The lowest BCUT2D eigenvalue weighted by atomic mass is 10.1. The van der Waals surface area contributed by atoms with Gasteiger partial charge in [-0.15, -0.1) is 0 Å². The minimum absolute atomic E-state index is 0.115. The third-order valence-corrected chi connectivity index (χ3v) is 3.82. The van der Waals surface area contributed by atoms with Gasteiger partial charge in [0.1, 0.15) is 5.76 Å². The highest BCUT2D eigenvalue weighted by Crippen LogP contribution is 2.17. The van der Waals surface area contributed by atoms with Crippen LogP contribution < -0.4 is 16.0 Å². The molecule has 1 aromatic carbocycles.